The van der Waals surface area contributed by atoms with E-state index >= 15 is 0 Å². The minimum Gasteiger partial charge on any atom is -0.291 e. The average molecular weight is 547 g/mol. The van der Waals surface area contributed by atoms with Crippen molar-refractivity contribution in [2.24, 2.45) is 0 Å². The minimum absolute atomic E-state index is 0.0475. The van der Waals surface area contributed by atoms with Gasteiger partial charge in [-0.2, -0.15) is 0 Å². The van der Waals surface area contributed by atoms with E-state index in [0.29, 0.717) is 17.8 Å². The Bertz CT molecular complexity index is 1060. The normalized spacial score (nSPS) is 9.67. The van der Waals surface area contributed by atoms with E-state index in [2.05, 4.69) is 25.9 Å². The Balaban J connectivity index is 0.000000188. The monoisotopic (exact) mass is 545 g/mol. The molecule has 0 aliphatic rings. The highest BCUT2D eigenvalue weighted by molar-refractivity contribution is 9.11. The lowest BCUT2D eigenvalue weighted by molar-refractivity contribution is -0.167. The highest BCUT2D eigenvalue weighted by Gasteiger charge is 2.09. The van der Waals surface area contributed by atoms with Crippen molar-refractivity contribution in [1.82, 2.24) is 15.0 Å². The Morgan fingerprint density at radius 1 is 0.879 bits per heavy atom. The maximum absolute atomic E-state index is 11.6. The summed E-state index contributed by atoms with van der Waals surface area (Å²) < 4.78 is 0.947. The van der Waals surface area contributed by atoms with Crippen molar-refractivity contribution < 1.29 is 14.4 Å². The van der Waals surface area contributed by atoms with Crippen molar-refractivity contribution in [1.29, 1.82) is 0 Å². The van der Waals surface area contributed by atoms with Crippen molar-refractivity contribution >= 4 is 50.3 Å². The number of hydroxylamine groups is 2. The lowest BCUT2D eigenvalue weighted by atomic mass is 10.1. The standard InChI is InChI=1S/C11H9NOS.C10H13NO2.C3H2BrNS/c13-10(11-12-6-7-14-11)8-9-4-2-1-3-5-9;1-11(13-2)10(12)8-9-6-4-3-5-7-9;4-3-5-1-2-6-3/h1-7H,8H2;3-7H,8H2,1-2H3;1-2H. The van der Waals surface area contributed by atoms with E-state index in [9.17, 15) is 9.59 Å². The second kappa shape index (κ2) is 15.2. The van der Waals surface area contributed by atoms with Gasteiger partial charge in [-0.1, -0.05) is 60.7 Å². The molecule has 6 nitrogen and oxygen atoms in total. The van der Waals surface area contributed by atoms with Crippen molar-refractivity contribution in [3.8, 4) is 0 Å². The first kappa shape index (κ1) is 26.5. The highest BCUT2D eigenvalue weighted by atomic mass is 79.9. The van der Waals surface area contributed by atoms with Gasteiger partial charge >= 0.3 is 0 Å². The summed E-state index contributed by atoms with van der Waals surface area (Å²) in [5, 5.41) is 5.56. The van der Waals surface area contributed by atoms with Crippen LogP contribution in [0.15, 0.2) is 87.7 Å². The second-order valence-electron chi connectivity index (χ2n) is 6.44. The van der Waals surface area contributed by atoms with Gasteiger partial charge in [-0.05, 0) is 27.1 Å². The molecule has 0 unspecified atom stereocenters. The Hall–Kier alpha value is -2.72. The fourth-order valence-corrected chi connectivity index (χ4v) is 3.78. The second-order valence-corrected chi connectivity index (χ2v) is 9.51. The molecule has 0 spiro atoms. The fourth-order valence-electron chi connectivity index (χ4n) is 2.41. The van der Waals surface area contributed by atoms with E-state index in [1.54, 1.807) is 30.8 Å². The van der Waals surface area contributed by atoms with Crippen LogP contribution in [-0.2, 0) is 22.5 Å². The number of amides is 1. The summed E-state index contributed by atoms with van der Waals surface area (Å²) in [4.78, 5) is 35.6. The topological polar surface area (TPSA) is 72.4 Å². The molecule has 1 amide bonds. The molecule has 0 saturated carbocycles. The number of Topliss-reactive ketones (excluding diaryl/α,β-unsaturated/α-hetero) is 1. The Morgan fingerprint density at radius 2 is 1.42 bits per heavy atom. The van der Waals surface area contributed by atoms with Gasteiger partial charge in [0.15, 0.2) is 14.7 Å². The van der Waals surface area contributed by atoms with Gasteiger partial charge in [0.1, 0.15) is 0 Å². The molecule has 172 valence electrons. The molecule has 0 bridgehead atoms. The SMILES string of the molecule is Brc1nccs1.CON(C)C(=O)Cc1ccccc1.O=C(Cc1ccccc1)c1nccs1. The summed E-state index contributed by atoms with van der Waals surface area (Å²) >= 11 is 6.16. The first-order valence-electron chi connectivity index (χ1n) is 9.85. The fraction of sp³-hybridized carbons (Fsp3) is 0.167. The Labute approximate surface area is 210 Å². The van der Waals surface area contributed by atoms with Crippen LogP contribution in [0.1, 0.15) is 20.9 Å². The van der Waals surface area contributed by atoms with E-state index in [-0.39, 0.29) is 11.7 Å². The lowest BCUT2D eigenvalue weighted by Gasteiger charge is -2.13. The molecule has 0 radical (unpaired) electrons. The van der Waals surface area contributed by atoms with Crippen LogP contribution in [-0.4, -0.2) is 40.9 Å². The minimum atomic E-state index is -0.0475. The summed E-state index contributed by atoms with van der Waals surface area (Å²) in [6, 6.07) is 19.3. The third kappa shape index (κ3) is 10.6. The molecule has 0 fully saturated rings. The molecule has 2 aromatic heterocycles. The molecule has 4 rings (SSSR count). The van der Waals surface area contributed by atoms with Crippen molar-refractivity contribution in [3.05, 3.63) is 104 Å². The largest absolute Gasteiger partial charge is 0.291 e. The van der Waals surface area contributed by atoms with Crippen molar-refractivity contribution in [2.45, 2.75) is 12.8 Å². The molecule has 0 saturated heterocycles. The van der Waals surface area contributed by atoms with Crippen LogP contribution in [0.2, 0.25) is 0 Å². The van der Waals surface area contributed by atoms with Crippen LogP contribution in [0.5, 0.6) is 0 Å². The maximum atomic E-state index is 11.6. The molecule has 2 aromatic carbocycles. The number of rotatable bonds is 6. The number of halogens is 1. The summed E-state index contributed by atoms with van der Waals surface area (Å²) in [5.41, 5.74) is 2.03. The van der Waals surface area contributed by atoms with Gasteiger partial charge in [0.25, 0.3) is 0 Å². The molecular formula is C24H24BrN3O3S2. The van der Waals surface area contributed by atoms with Gasteiger partial charge in [0.05, 0.1) is 13.5 Å². The van der Waals surface area contributed by atoms with Gasteiger partial charge in [-0.25, -0.2) is 15.0 Å². The van der Waals surface area contributed by atoms with E-state index < -0.39 is 0 Å². The zero-order valence-electron chi connectivity index (χ0n) is 18.3. The molecule has 0 atom stereocenters. The summed E-state index contributed by atoms with van der Waals surface area (Å²) in [6.07, 6.45) is 4.23. The number of nitrogens with zero attached hydrogens (tertiary/aromatic N) is 3. The van der Waals surface area contributed by atoms with Gasteiger partial charge < -0.3 is 0 Å². The van der Waals surface area contributed by atoms with E-state index in [4.69, 9.17) is 4.84 Å². The van der Waals surface area contributed by atoms with E-state index in [1.165, 1.54) is 23.5 Å². The number of carbonyl (C=O) groups excluding carboxylic acids is 2. The smallest absolute Gasteiger partial charge is 0.250 e. The number of carbonyl (C=O) groups is 2. The first-order chi connectivity index (χ1) is 16.0. The molecule has 4 aromatic rings. The van der Waals surface area contributed by atoms with Crippen LogP contribution in [0.3, 0.4) is 0 Å². The Morgan fingerprint density at radius 3 is 1.85 bits per heavy atom. The predicted octanol–water partition coefficient (Wildman–Crippen LogP) is 5.72. The number of benzene rings is 2. The molecule has 0 aliphatic heterocycles. The molecule has 9 heteroatoms. The molecule has 0 N–H and O–H groups in total. The van der Waals surface area contributed by atoms with Gasteiger partial charge in [-0.15, -0.1) is 22.7 Å². The van der Waals surface area contributed by atoms with Crippen molar-refractivity contribution in [3.63, 3.8) is 0 Å². The maximum Gasteiger partial charge on any atom is 0.250 e. The summed E-state index contributed by atoms with van der Waals surface area (Å²) in [5.74, 6) is 0.0416. The van der Waals surface area contributed by atoms with Crippen LogP contribution >= 0.6 is 38.6 Å². The molecule has 2 heterocycles. The first-order valence-corrected chi connectivity index (χ1v) is 12.4. The van der Waals surface area contributed by atoms with Crippen LogP contribution < -0.4 is 0 Å². The van der Waals surface area contributed by atoms with E-state index in [0.717, 1.165) is 15.0 Å². The highest BCUT2D eigenvalue weighted by Crippen LogP contribution is 2.10. The predicted molar refractivity (Wildman–Crippen MR) is 136 cm³/mol. The average Bonchev–Trinajstić information content (AvgIpc) is 3.55. The van der Waals surface area contributed by atoms with Gasteiger partial charge in [0, 0.05) is 36.6 Å². The summed E-state index contributed by atoms with van der Waals surface area (Å²) in [7, 11) is 3.08. The number of ketones is 1. The summed E-state index contributed by atoms with van der Waals surface area (Å²) in [6.45, 7) is 0. The zero-order valence-corrected chi connectivity index (χ0v) is 21.5. The van der Waals surface area contributed by atoms with Crippen LogP contribution in [0.25, 0.3) is 0 Å². The lowest BCUT2D eigenvalue weighted by Crippen LogP contribution is -2.26. The molecular weight excluding hydrogens is 522 g/mol. The van der Waals surface area contributed by atoms with Crippen LogP contribution in [0, 0.1) is 0 Å². The Kier molecular flexibility index (Phi) is 12.2. The van der Waals surface area contributed by atoms with Gasteiger partial charge in [0.2, 0.25) is 5.91 Å². The third-order valence-electron chi connectivity index (χ3n) is 4.10. The number of thiazole rings is 2. The zero-order chi connectivity index (χ0) is 23.9. The van der Waals surface area contributed by atoms with Crippen molar-refractivity contribution in [2.75, 3.05) is 14.2 Å². The number of hydrogen-bond donors (Lipinski definition) is 0. The van der Waals surface area contributed by atoms with Gasteiger partial charge in [-0.3, -0.25) is 14.4 Å². The quantitative estimate of drug-likeness (QED) is 0.228. The third-order valence-corrected chi connectivity index (χ3v) is 6.24. The van der Waals surface area contributed by atoms with E-state index in [1.807, 2.05) is 71.4 Å². The number of likely N-dealkylation sites (N-methyl/N-ethyl adjacent to an activating group) is 1. The number of aromatic nitrogens is 2. The molecule has 33 heavy (non-hydrogen) atoms. The van der Waals surface area contributed by atoms with Crippen LogP contribution in [0.4, 0.5) is 0 Å². The number of hydrogen-bond acceptors (Lipinski definition) is 7. The molecule has 0 aliphatic carbocycles.